The standard InChI is InChI=1S/C14H14ClFN2O2S/c1-18(12-4-2-3-11(16)8-12)21(19,20)13-5-6-14(15)10(7-13)9-17/h2-8H,9,17H2,1H3. The van der Waals surface area contributed by atoms with Gasteiger partial charge in [-0.15, -0.1) is 0 Å². The van der Waals surface area contributed by atoms with Gasteiger partial charge in [0, 0.05) is 18.6 Å². The van der Waals surface area contributed by atoms with Crippen molar-refractivity contribution >= 4 is 27.3 Å². The Morgan fingerprint density at radius 1 is 1.24 bits per heavy atom. The van der Waals surface area contributed by atoms with E-state index >= 15 is 0 Å². The van der Waals surface area contributed by atoms with Crippen LogP contribution in [0, 0.1) is 5.82 Å². The van der Waals surface area contributed by atoms with E-state index in [9.17, 15) is 12.8 Å². The largest absolute Gasteiger partial charge is 0.326 e. The van der Waals surface area contributed by atoms with E-state index in [-0.39, 0.29) is 17.1 Å². The Balaban J connectivity index is 2.46. The molecule has 2 N–H and O–H groups in total. The lowest BCUT2D eigenvalue weighted by Crippen LogP contribution is -2.26. The summed E-state index contributed by atoms with van der Waals surface area (Å²) in [5.74, 6) is -0.506. The molecular formula is C14H14ClFN2O2S. The van der Waals surface area contributed by atoms with Crippen LogP contribution in [0.15, 0.2) is 47.4 Å². The van der Waals surface area contributed by atoms with E-state index < -0.39 is 15.8 Å². The van der Waals surface area contributed by atoms with E-state index in [1.165, 1.54) is 43.4 Å². The van der Waals surface area contributed by atoms with E-state index in [1.54, 1.807) is 0 Å². The van der Waals surface area contributed by atoms with Crippen LogP contribution in [0.3, 0.4) is 0 Å². The van der Waals surface area contributed by atoms with Crippen LogP contribution in [0.25, 0.3) is 0 Å². The molecule has 0 radical (unpaired) electrons. The van der Waals surface area contributed by atoms with Crippen molar-refractivity contribution in [1.82, 2.24) is 0 Å². The number of halogens is 2. The molecule has 0 fully saturated rings. The van der Waals surface area contributed by atoms with Crippen molar-refractivity contribution in [2.45, 2.75) is 11.4 Å². The molecule has 2 aromatic carbocycles. The number of rotatable bonds is 4. The Bertz CT molecular complexity index is 765. The molecule has 2 rings (SSSR count). The summed E-state index contributed by atoms with van der Waals surface area (Å²) in [6.07, 6.45) is 0. The molecule has 0 spiro atoms. The molecule has 0 saturated heterocycles. The fourth-order valence-electron chi connectivity index (χ4n) is 1.84. The van der Waals surface area contributed by atoms with Crippen LogP contribution < -0.4 is 10.0 Å². The summed E-state index contributed by atoms with van der Waals surface area (Å²) in [6.45, 7) is 0.131. The first-order chi connectivity index (χ1) is 9.86. The van der Waals surface area contributed by atoms with Crippen LogP contribution >= 0.6 is 11.6 Å². The highest BCUT2D eigenvalue weighted by Crippen LogP contribution is 2.25. The van der Waals surface area contributed by atoms with Crippen molar-refractivity contribution < 1.29 is 12.8 Å². The van der Waals surface area contributed by atoms with Crippen molar-refractivity contribution in [1.29, 1.82) is 0 Å². The molecule has 0 atom stereocenters. The number of nitrogens with zero attached hydrogens (tertiary/aromatic N) is 1. The molecule has 7 heteroatoms. The number of benzene rings is 2. The van der Waals surface area contributed by atoms with Crippen molar-refractivity contribution in [2.75, 3.05) is 11.4 Å². The third-order valence-corrected chi connectivity index (χ3v) is 5.22. The van der Waals surface area contributed by atoms with Gasteiger partial charge in [-0.2, -0.15) is 0 Å². The molecule has 4 nitrogen and oxygen atoms in total. The molecule has 0 aromatic heterocycles. The van der Waals surface area contributed by atoms with Crippen LogP contribution in [0.4, 0.5) is 10.1 Å². The Kier molecular flexibility index (Phi) is 4.51. The number of nitrogens with two attached hydrogens (primary N) is 1. The molecule has 0 unspecified atom stereocenters. The van der Waals surface area contributed by atoms with E-state index in [0.29, 0.717) is 10.6 Å². The number of hydrogen-bond acceptors (Lipinski definition) is 3. The molecule has 21 heavy (non-hydrogen) atoms. The van der Waals surface area contributed by atoms with Gasteiger partial charge in [0.05, 0.1) is 10.6 Å². The SMILES string of the molecule is CN(c1cccc(F)c1)S(=O)(=O)c1ccc(Cl)c(CN)c1. The topological polar surface area (TPSA) is 63.4 Å². The highest BCUT2D eigenvalue weighted by atomic mass is 35.5. The molecule has 0 aliphatic rings. The second-order valence-corrected chi connectivity index (χ2v) is 6.79. The lowest BCUT2D eigenvalue weighted by molar-refractivity contribution is 0.594. The van der Waals surface area contributed by atoms with Crippen molar-refractivity contribution in [2.24, 2.45) is 5.73 Å². The highest BCUT2D eigenvalue weighted by molar-refractivity contribution is 7.92. The molecule has 0 amide bonds. The van der Waals surface area contributed by atoms with E-state index in [0.717, 1.165) is 10.4 Å². The van der Waals surface area contributed by atoms with Crippen molar-refractivity contribution in [3.63, 3.8) is 0 Å². The van der Waals surface area contributed by atoms with Gasteiger partial charge in [-0.25, -0.2) is 12.8 Å². The number of hydrogen-bond donors (Lipinski definition) is 1. The average molecular weight is 329 g/mol. The minimum absolute atomic E-state index is 0.0547. The summed E-state index contributed by atoms with van der Waals surface area (Å²) in [5, 5.41) is 0.407. The lowest BCUT2D eigenvalue weighted by Gasteiger charge is -2.20. The maximum atomic E-state index is 13.2. The fourth-order valence-corrected chi connectivity index (χ4v) is 3.27. The summed E-state index contributed by atoms with van der Waals surface area (Å²) in [4.78, 5) is 0.0547. The predicted molar refractivity (Wildman–Crippen MR) is 81.3 cm³/mol. The zero-order valence-corrected chi connectivity index (χ0v) is 12.8. The van der Waals surface area contributed by atoms with Crippen LogP contribution in [0.2, 0.25) is 5.02 Å². The van der Waals surface area contributed by atoms with Gasteiger partial charge in [-0.1, -0.05) is 17.7 Å². The van der Waals surface area contributed by atoms with E-state index in [2.05, 4.69) is 0 Å². The third-order valence-electron chi connectivity index (χ3n) is 3.07. The van der Waals surface area contributed by atoms with Crippen molar-refractivity contribution in [3.05, 3.63) is 58.9 Å². The monoisotopic (exact) mass is 328 g/mol. The van der Waals surface area contributed by atoms with Gasteiger partial charge in [0.25, 0.3) is 10.0 Å². The van der Waals surface area contributed by atoms with Gasteiger partial charge < -0.3 is 5.73 Å². The molecule has 0 bridgehead atoms. The molecule has 2 aromatic rings. The second kappa shape index (κ2) is 6.01. The number of sulfonamides is 1. The zero-order chi connectivity index (χ0) is 15.6. The molecule has 0 heterocycles. The van der Waals surface area contributed by atoms with Crippen LogP contribution in [0.1, 0.15) is 5.56 Å². The summed E-state index contributed by atoms with van der Waals surface area (Å²) >= 11 is 5.93. The van der Waals surface area contributed by atoms with Gasteiger partial charge in [0.2, 0.25) is 0 Å². The predicted octanol–water partition coefficient (Wildman–Crippen LogP) is 2.76. The minimum atomic E-state index is -3.81. The summed E-state index contributed by atoms with van der Waals surface area (Å²) in [6, 6.07) is 9.66. The zero-order valence-electron chi connectivity index (χ0n) is 11.3. The molecule has 112 valence electrons. The second-order valence-electron chi connectivity index (χ2n) is 4.41. The average Bonchev–Trinajstić information content (AvgIpc) is 2.46. The normalized spacial score (nSPS) is 11.4. The Morgan fingerprint density at radius 3 is 2.57 bits per heavy atom. The summed E-state index contributed by atoms with van der Waals surface area (Å²) in [5.41, 5.74) is 6.30. The van der Waals surface area contributed by atoms with E-state index in [1.807, 2.05) is 0 Å². The summed E-state index contributed by atoms with van der Waals surface area (Å²) < 4.78 is 39.3. The van der Waals surface area contributed by atoms with Gasteiger partial charge in [-0.05, 0) is 42.0 Å². The van der Waals surface area contributed by atoms with Gasteiger partial charge in [0.15, 0.2) is 0 Å². The molecular weight excluding hydrogens is 315 g/mol. The van der Waals surface area contributed by atoms with Crippen molar-refractivity contribution in [3.8, 4) is 0 Å². The quantitative estimate of drug-likeness (QED) is 0.938. The Hall–Kier alpha value is -1.63. The van der Waals surface area contributed by atoms with Crippen LogP contribution in [-0.2, 0) is 16.6 Å². The molecule has 0 aliphatic carbocycles. The van der Waals surface area contributed by atoms with Crippen LogP contribution in [0.5, 0.6) is 0 Å². The van der Waals surface area contributed by atoms with Crippen LogP contribution in [-0.4, -0.2) is 15.5 Å². The fraction of sp³-hybridized carbons (Fsp3) is 0.143. The molecule has 0 aliphatic heterocycles. The van der Waals surface area contributed by atoms with E-state index in [4.69, 9.17) is 17.3 Å². The third kappa shape index (κ3) is 3.18. The maximum Gasteiger partial charge on any atom is 0.264 e. The minimum Gasteiger partial charge on any atom is -0.326 e. The Labute approximate surface area is 128 Å². The molecule has 0 saturated carbocycles. The first kappa shape index (κ1) is 15.8. The number of anilines is 1. The summed E-state index contributed by atoms with van der Waals surface area (Å²) in [7, 11) is -2.44. The first-order valence-electron chi connectivity index (χ1n) is 6.09. The first-order valence-corrected chi connectivity index (χ1v) is 7.91. The smallest absolute Gasteiger partial charge is 0.264 e. The maximum absolute atomic E-state index is 13.2. The Morgan fingerprint density at radius 2 is 1.95 bits per heavy atom. The van der Waals surface area contributed by atoms with Gasteiger partial charge in [-0.3, -0.25) is 4.31 Å². The highest BCUT2D eigenvalue weighted by Gasteiger charge is 2.22. The van der Waals surface area contributed by atoms with Gasteiger partial charge >= 0.3 is 0 Å². The lowest BCUT2D eigenvalue weighted by atomic mass is 10.2. The van der Waals surface area contributed by atoms with Gasteiger partial charge in [0.1, 0.15) is 5.82 Å².